The van der Waals surface area contributed by atoms with Crippen LogP contribution in [0, 0.1) is 9.49 Å². The van der Waals surface area contributed by atoms with Crippen LogP contribution >= 0.6 is 22.6 Å². The number of aromatic nitrogens is 1. The van der Waals surface area contributed by atoms with Crippen LogP contribution in [-0.2, 0) is 0 Å². The molecule has 1 fully saturated rings. The fraction of sp³-hybridized carbons (Fsp3) is 0.615. The number of rotatable bonds is 2. The van der Waals surface area contributed by atoms with Gasteiger partial charge in [0.15, 0.2) is 0 Å². The maximum Gasteiger partial charge on any atom is 0.352 e. The Balaban J connectivity index is 2.23. The summed E-state index contributed by atoms with van der Waals surface area (Å²) in [5.41, 5.74) is 0.439. The normalized spacial score (nSPS) is 25.5. The fourth-order valence-electron chi connectivity index (χ4n) is 2.66. The highest BCUT2D eigenvalue weighted by Gasteiger charge is 2.22. The lowest BCUT2D eigenvalue weighted by atomic mass is 10.0. The predicted octanol–water partition coefficient (Wildman–Crippen LogP) is 3.93. The van der Waals surface area contributed by atoms with Gasteiger partial charge in [-0.25, -0.2) is 4.79 Å². The molecule has 0 radical (unpaired) electrons. The zero-order valence-electron chi connectivity index (χ0n) is 10.0. The molecule has 2 rings (SSSR count). The summed E-state index contributed by atoms with van der Waals surface area (Å²) >= 11 is 2.19. The van der Waals surface area contributed by atoms with Crippen molar-refractivity contribution in [3.05, 3.63) is 21.5 Å². The Labute approximate surface area is 115 Å². The van der Waals surface area contributed by atoms with Crippen molar-refractivity contribution >= 4 is 28.6 Å². The molecule has 0 bridgehead atoms. The third-order valence-electron chi connectivity index (χ3n) is 3.65. The van der Waals surface area contributed by atoms with Gasteiger partial charge in [0.05, 0.1) is 0 Å². The van der Waals surface area contributed by atoms with Crippen LogP contribution in [0.2, 0.25) is 0 Å². The van der Waals surface area contributed by atoms with Gasteiger partial charge < -0.3 is 9.67 Å². The van der Waals surface area contributed by atoms with Crippen molar-refractivity contribution in [1.82, 2.24) is 4.57 Å². The van der Waals surface area contributed by atoms with E-state index in [0.717, 1.165) is 22.3 Å². The molecular formula is C13H18INO2. The van der Waals surface area contributed by atoms with Crippen LogP contribution in [0.25, 0.3) is 0 Å². The standard InChI is InChI=1S/C13H18INO2/c1-9-3-2-4-11(6-5-9)15-8-10(14)7-12(15)13(16)17/h7-9,11H,2-6H2,1H3,(H,16,17). The van der Waals surface area contributed by atoms with Crippen molar-refractivity contribution in [3.63, 3.8) is 0 Å². The summed E-state index contributed by atoms with van der Waals surface area (Å²) in [5.74, 6) is -0.0341. The maximum atomic E-state index is 11.2. The van der Waals surface area contributed by atoms with E-state index in [9.17, 15) is 9.90 Å². The molecule has 1 aliphatic carbocycles. The largest absolute Gasteiger partial charge is 0.477 e. The molecule has 17 heavy (non-hydrogen) atoms. The van der Waals surface area contributed by atoms with Crippen LogP contribution in [0.1, 0.15) is 55.6 Å². The smallest absolute Gasteiger partial charge is 0.352 e. The Morgan fingerprint density at radius 3 is 2.88 bits per heavy atom. The van der Waals surface area contributed by atoms with Gasteiger partial charge in [0.2, 0.25) is 0 Å². The predicted molar refractivity (Wildman–Crippen MR) is 75.4 cm³/mol. The molecule has 1 heterocycles. The quantitative estimate of drug-likeness (QED) is 0.651. The molecule has 0 saturated heterocycles. The third-order valence-corrected chi connectivity index (χ3v) is 4.24. The molecule has 1 aromatic heterocycles. The lowest BCUT2D eigenvalue weighted by molar-refractivity contribution is 0.0682. The number of halogens is 1. The zero-order chi connectivity index (χ0) is 12.4. The Morgan fingerprint density at radius 1 is 1.41 bits per heavy atom. The first-order valence-corrected chi connectivity index (χ1v) is 7.26. The number of nitrogens with zero attached hydrogens (tertiary/aromatic N) is 1. The lowest BCUT2D eigenvalue weighted by Crippen LogP contribution is -2.14. The summed E-state index contributed by atoms with van der Waals surface area (Å²) in [6, 6.07) is 2.13. The van der Waals surface area contributed by atoms with Gasteiger partial charge in [-0.2, -0.15) is 0 Å². The summed E-state index contributed by atoms with van der Waals surface area (Å²) in [6.07, 6.45) is 7.88. The summed E-state index contributed by atoms with van der Waals surface area (Å²) in [5, 5.41) is 9.21. The van der Waals surface area contributed by atoms with Gasteiger partial charge in [-0.05, 0) is 53.8 Å². The monoisotopic (exact) mass is 347 g/mol. The van der Waals surface area contributed by atoms with Gasteiger partial charge in [0, 0.05) is 15.8 Å². The molecule has 94 valence electrons. The van der Waals surface area contributed by atoms with Crippen molar-refractivity contribution in [3.8, 4) is 0 Å². The Hall–Kier alpha value is -0.520. The second-order valence-corrected chi connectivity index (χ2v) is 6.27. The molecular weight excluding hydrogens is 329 g/mol. The van der Waals surface area contributed by atoms with Gasteiger partial charge in [-0.3, -0.25) is 0 Å². The summed E-state index contributed by atoms with van der Waals surface area (Å²) in [6.45, 7) is 2.29. The number of carbonyl (C=O) groups is 1. The van der Waals surface area contributed by atoms with Crippen LogP contribution in [0.15, 0.2) is 12.3 Å². The number of carboxylic acid groups (broad SMARTS) is 1. The number of carboxylic acids is 1. The number of aromatic carboxylic acids is 1. The maximum absolute atomic E-state index is 11.2. The van der Waals surface area contributed by atoms with Crippen molar-refractivity contribution in [1.29, 1.82) is 0 Å². The molecule has 0 amide bonds. The first-order chi connectivity index (χ1) is 8.08. The van der Waals surface area contributed by atoms with Crippen molar-refractivity contribution in [2.45, 2.75) is 45.1 Å². The van der Waals surface area contributed by atoms with Crippen LogP contribution < -0.4 is 0 Å². The second kappa shape index (κ2) is 5.42. The topological polar surface area (TPSA) is 42.2 Å². The summed E-state index contributed by atoms with van der Waals surface area (Å²) < 4.78 is 2.99. The van der Waals surface area contributed by atoms with E-state index in [1.807, 2.05) is 10.8 Å². The van der Waals surface area contributed by atoms with Crippen LogP contribution in [0.4, 0.5) is 0 Å². The van der Waals surface area contributed by atoms with E-state index in [4.69, 9.17) is 0 Å². The molecule has 2 atom stereocenters. The van der Waals surface area contributed by atoms with Crippen LogP contribution in [-0.4, -0.2) is 15.6 Å². The highest BCUT2D eigenvalue weighted by molar-refractivity contribution is 14.1. The molecule has 1 aliphatic rings. The molecule has 1 N–H and O–H groups in total. The highest BCUT2D eigenvalue weighted by atomic mass is 127. The van der Waals surface area contributed by atoms with E-state index in [1.165, 1.54) is 19.3 Å². The van der Waals surface area contributed by atoms with Crippen molar-refractivity contribution in [2.75, 3.05) is 0 Å². The zero-order valence-corrected chi connectivity index (χ0v) is 12.2. The summed E-state index contributed by atoms with van der Waals surface area (Å²) in [7, 11) is 0. The van der Waals surface area contributed by atoms with E-state index in [2.05, 4.69) is 29.5 Å². The van der Waals surface area contributed by atoms with Crippen LogP contribution in [0.3, 0.4) is 0 Å². The minimum absolute atomic E-state index is 0.370. The molecule has 0 aromatic carbocycles. The van der Waals surface area contributed by atoms with E-state index in [-0.39, 0.29) is 0 Å². The first-order valence-electron chi connectivity index (χ1n) is 6.18. The van der Waals surface area contributed by atoms with Gasteiger partial charge in [-0.1, -0.05) is 19.8 Å². The highest BCUT2D eigenvalue weighted by Crippen LogP contribution is 2.32. The molecule has 1 saturated carbocycles. The Morgan fingerprint density at radius 2 is 2.18 bits per heavy atom. The molecule has 0 aliphatic heterocycles. The van der Waals surface area contributed by atoms with Gasteiger partial charge in [0.1, 0.15) is 5.69 Å². The second-order valence-electron chi connectivity index (χ2n) is 5.02. The van der Waals surface area contributed by atoms with Gasteiger partial charge >= 0.3 is 5.97 Å². The summed E-state index contributed by atoms with van der Waals surface area (Å²) in [4.78, 5) is 11.2. The average molecular weight is 347 g/mol. The lowest BCUT2D eigenvalue weighted by Gasteiger charge is -2.18. The van der Waals surface area contributed by atoms with E-state index >= 15 is 0 Å². The van der Waals surface area contributed by atoms with E-state index in [0.29, 0.717) is 11.7 Å². The SMILES string of the molecule is CC1CCCC(n2cc(I)cc2C(=O)O)CC1. The minimum Gasteiger partial charge on any atom is -0.477 e. The van der Waals surface area contributed by atoms with Crippen LogP contribution in [0.5, 0.6) is 0 Å². The molecule has 4 heteroatoms. The molecule has 0 spiro atoms. The van der Waals surface area contributed by atoms with Gasteiger partial charge in [-0.15, -0.1) is 0 Å². The van der Waals surface area contributed by atoms with Gasteiger partial charge in [0.25, 0.3) is 0 Å². The van der Waals surface area contributed by atoms with E-state index in [1.54, 1.807) is 6.07 Å². The van der Waals surface area contributed by atoms with Crippen molar-refractivity contribution in [2.24, 2.45) is 5.92 Å². The number of hydrogen-bond acceptors (Lipinski definition) is 1. The van der Waals surface area contributed by atoms with Crippen molar-refractivity contribution < 1.29 is 9.90 Å². The molecule has 2 unspecified atom stereocenters. The first kappa shape index (κ1) is 12.9. The molecule has 3 nitrogen and oxygen atoms in total. The third kappa shape index (κ3) is 3.03. The number of hydrogen-bond donors (Lipinski definition) is 1. The fourth-order valence-corrected chi connectivity index (χ4v) is 3.26. The average Bonchev–Trinajstić information content (AvgIpc) is 2.52. The molecule has 1 aromatic rings. The van der Waals surface area contributed by atoms with E-state index < -0.39 is 5.97 Å². The Bertz CT molecular complexity index is 414. The Kier molecular flexibility index (Phi) is 4.12. The minimum atomic E-state index is -0.815.